The summed E-state index contributed by atoms with van der Waals surface area (Å²) in [4.78, 5) is 0. The fourth-order valence-electron chi connectivity index (χ4n) is 2.13. The molecule has 0 spiro atoms. The quantitative estimate of drug-likeness (QED) is 0.254. The highest BCUT2D eigenvalue weighted by molar-refractivity contribution is 5.01. The van der Waals surface area contributed by atoms with Crippen molar-refractivity contribution in [2.24, 2.45) is 5.92 Å². The molecule has 0 amide bonds. The molecule has 18 heteroatoms. The average molecular weight is 522 g/mol. The van der Waals surface area contributed by atoms with Crippen LogP contribution in [0.25, 0.3) is 0 Å². The Balaban J connectivity index is 5.32. The van der Waals surface area contributed by atoms with Crippen molar-refractivity contribution in [3.63, 3.8) is 0 Å². The standard InChI is InChI=1S/C14H12F18/c1-6(2-4-7(15,16)9(19,20)11(23,24)13(27,28)29)3-5-8(17,18)10(21,22)12(25,26)14(30,31)32/h6H,2-5H2,1H3. The highest BCUT2D eigenvalue weighted by Crippen LogP contribution is 2.56. The van der Waals surface area contributed by atoms with E-state index >= 15 is 0 Å². The molecule has 0 rings (SSSR count). The van der Waals surface area contributed by atoms with Gasteiger partial charge in [-0.15, -0.1) is 0 Å². The monoisotopic (exact) mass is 522 g/mol. The van der Waals surface area contributed by atoms with Crippen molar-refractivity contribution < 1.29 is 79.0 Å². The fraction of sp³-hybridized carbons (Fsp3) is 1.00. The summed E-state index contributed by atoms with van der Waals surface area (Å²) < 4.78 is 228. The van der Waals surface area contributed by atoms with E-state index in [0.29, 0.717) is 6.92 Å². The van der Waals surface area contributed by atoms with E-state index in [1.807, 2.05) is 0 Å². The summed E-state index contributed by atoms with van der Waals surface area (Å²) in [6, 6.07) is 0. The molecule has 32 heavy (non-hydrogen) atoms. The van der Waals surface area contributed by atoms with Crippen molar-refractivity contribution in [2.45, 2.75) is 80.5 Å². The van der Waals surface area contributed by atoms with Crippen LogP contribution in [0.3, 0.4) is 0 Å². The molecule has 0 nitrogen and oxygen atoms in total. The van der Waals surface area contributed by atoms with E-state index < -0.39 is 79.5 Å². The topological polar surface area (TPSA) is 0 Å². The van der Waals surface area contributed by atoms with Gasteiger partial charge in [-0.3, -0.25) is 0 Å². The van der Waals surface area contributed by atoms with Gasteiger partial charge in [0, 0.05) is 12.8 Å². The molecule has 0 N–H and O–H groups in total. The molecule has 0 aliphatic carbocycles. The van der Waals surface area contributed by atoms with Crippen LogP contribution in [-0.2, 0) is 0 Å². The lowest BCUT2D eigenvalue weighted by atomic mass is 9.90. The van der Waals surface area contributed by atoms with E-state index in [2.05, 4.69) is 0 Å². The van der Waals surface area contributed by atoms with Gasteiger partial charge >= 0.3 is 47.9 Å². The Hall–Kier alpha value is -1.26. The minimum Gasteiger partial charge on any atom is -0.200 e. The molecule has 0 aromatic carbocycles. The molecule has 0 saturated carbocycles. The summed E-state index contributed by atoms with van der Waals surface area (Å²) >= 11 is 0. The first-order chi connectivity index (χ1) is 13.6. The highest BCUT2D eigenvalue weighted by atomic mass is 19.4. The van der Waals surface area contributed by atoms with Gasteiger partial charge < -0.3 is 0 Å². The van der Waals surface area contributed by atoms with Gasteiger partial charge in [0.2, 0.25) is 0 Å². The summed E-state index contributed by atoms with van der Waals surface area (Å²) in [7, 11) is 0. The van der Waals surface area contributed by atoms with Crippen molar-refractivity contribution in [2.75, 3.05) is 0 Å². The maximum Gasteiger partial charge on any atom is 0.460 e. The summed E-state index contributed by atoms with van der Waals surface area (Å²) in [6.07, 6.45) is -22.5. The summed E-state index contributed by atoms with van der Waals surface area (Å²) in [6.45, 7) is 0.520. The zero-order valence-corrected chi connectivity index (χ0v) is 15.2. The zero-order valence-electron chi connectivity index (χ0n) is 15.2. The van der Waals surface area contributed by atoms with E-state index in [1.165, 1.54) is 0 Å². The zero-order chi connectivity index (χ0) is 26.4. The molecule has 0 aliphatic heterocycles. The third kappa shape index (κ3) is 5.28. The minimum absolute atomic E-state index is 0.520. The Morgan fingerprint density at radius 3 is 0.812 bits per heavy atom. The summed E-state index contributed by atoms with van der Waals surface area (Å²) in [5, 5.41) is 0. The molecule has 0 aromatic rings. The van der Waals surface area contributed by atoms with Crippen molar-refractivity contribution >= 4 is 0 Å². The Kier molecular flexibility index (Phi) is 8.17. The summed E-state index contributed by atoms with van der Waals surface area (Å²) in [5.41, 5.74) is 0. The molecule has 0 bridgehead atoms. The Morgan fingerprint density at radius 2 is 0.625 bits per heavy atom. The fourth-order valence-corrected chi connectivity index (χ4v) is 2.13. The molecule has 0 aliphatic rings. The van der Waals surface area contributed by atoms with Crippen molar-refractivity contribution in [1.82, 2.24) is 0 Å². The molecule has 0 saturated heterocycles. The predicted molar refractivity (Wildman–Crippen MR) is 69.4 cm³/mol. The Labute approximate surface area is 166 Å². The van der Waals surface area contributed by atoms with Gasteiger partial charge in [-0.05, 0) is 18.8 Å². The molecule has 0 unspecified atom stereocenters. The van der Waals surface area contributed by atoms with Gasteiger partial charge in [0.15, 0.2) is 0 Å². The molecule has 194 valence electrons. The maximum atomic E-state index is 13.3. The van der Waals surface area contributed by atoms with Crippen LogP contribution in [0.4, 0.5) is 79.0 Å². The van der Waals surface area contributed by atoms with Gasteiger partial charge in [0.25, 0.3) is 0 Å². The predicted octanol–water partition coefficient (Wildman–Crippen LogP) is 8.12. The number of rotatable bonds is 10. The molecule has 0 aromatic heterocycles. The van der Waals surface area contributed by atoms with Crippen molar-refractivity contribution in [3.05, 3.63) is 0 Å². The molecule has 0 atom stereocenters. The number of hydrogen-bond donors (Lipinski definition) is 0. The van der Waals surface area contributed by atoms with Crippen LogP contribution in [0.15, 0.2) is 0 Å². The van der Waals surface area contributed by atoms with Crippen LogP contribution in [-0.4, -0.2) is 47.9 Å². The second-order valence-electron chi connectivity index (χ2n) is 6.88. The van der Waals surface area contributed by atoms with Gasteiger partial charge in [-0.25, -0.2) is 0 Å². The van der Waals surface area contributed by atoms with Gasteiger partial charge in [0.05, 0.1) is 0 Å². The number of hydrogen-bond acceptors (Lipinski definition) is 0. The van der Waals surface area contributed by atoms with Crippen molar-refractivity contribution in [1.29, 1.82) is 0 Å². The van der Waals surface area contributed by atoms with Gasteiger partial charge in [-0.1, -0.05) is 6.92 Å². The second-order valence-corrected chi connectivity index (χ2v) is 6.88. The molecule has 0 fully saturated rings. The van der Waals surface area contributed by atoms with Crippen LogP contribution in [0, 0.1) is 5.92 Å². The van der Waals surface area contributed by atoms with Crippen LogP contribution in [0.5, 0.6) is 0 Å². The second kappa shape index (κ2) is 8.51. The van der Waals surface area contributed by atoms with E-state index in [0.717, 1.165) is 0 Å². The molecule has 0 heterocycles. The number of halogens is 18. The third-order valence-electron chi connectivity index (χ3n) is 4.32. The normalized spacial score (nSPS) is 16.1. The minimum atomic E-state index is -7.23. The molecular weight excluding hydrogens is 510 g/mol. The van der Waals surface area contributed by atoms with Crippen molar-refractivity contribution in [3.8, 4) is 0 Å². The van der Waals surface area contributed by atoms with Crippen LogP contribution >= 0.6 is 0 Å². The van der Waals surface area contributed by atoms with E-state index in [1.54, 1.807) is 0 Å². The van der Waals surface area contributed by atoms with Gasteiger partial charge in [-0.2, -0.15) is 79.0 Å². The average Bonchev–Trinajstić information content (AvgIpc) is 2.55. The van der Waals surface area contributed by atoms with Crippen LogP contribution < -0.4 is 0 Å². The largest absolute Gasteiger partial charge is 0.460 e. The van der Waals surface area contributed by atoms with E-state index in [-0.39, 0.29) is 0 Å². The van der Waals surface area contributed by atoms with E-state index in [4.69, 9.17) is 0 Å². The Bertz CT molecular complexity index is 571. The first-order valence-corrected chi connectivity index (χ1v) is 8.00. The van der Waals surface area contributed by atoms with Gasteiger partial charge in [0.1, 0.15) is 0 Å². The number of alkyl halides is 18. The lowest BCUT2D eigenvalue weighted by molar-refractivity contribution is -0.397. The summed E-state index contributed by atoms with van der Waals surface area (Å²) in [5.74, 6) is -42.6. The third-order valence-corrected chi connectivity index (χ3v) is 4.32. The first-order valence-electron chi connectivity index (χ1n) is 8.00. The lowest BCUT2D eigenvalue weighted by Crippen LogP contribution is -2.61. The Morgan fingerprint density at radius 1 is 0.406 bits per heavy atom. The maximum absolute atomic E-state index is 13.3. The lowest BCUT2D eigenvalue weighted by Gasteiger charge is -2.35. The van der Waals surface area contributed by atoms with E-state index in [9.17, 15) is 79.0 Å². The molecular formula is C14H12F18. The smallest absolute Gasteiger partial charge is 0.200 e. The highest BCUT2D eigenvalue weighted by Gasteiger charge is 2.82. The SMILES string of the molecule is CC(CCC(F)(F)C(F)(F)C(F)(F)C(F)(F)F)CCC(F)(F)C(F)(F)C(F)(F)C(F)(F)F. The first kappa shape index (κ1) is 30.7. The van der Waals surface area contributed by atoms with Crippen LogP contribution in [0.2, 0.25) is 0 Å². The molecule has 0 radical (unpaired) electrons. The van der Waals surface area contributed by atoms with Crippen LogP contribution in [0.1, 0.15) is 32.6 Å².